The molecule has 0 nitrogen and oxygen atoms in total. The Labute approximate surface area is 84.8 Å². The van der Waals surface area contributed by atoms with Crippen LogP contribution in [0.2, 0.25) is 0 Å². The van der Waals surface area contributed by atoms with Crippen molar-refractivity contribution < 1.29 is 0 Å². The van der Waals surface area contributed by atoms with Crippen LogP contribution in [0.4, 0.5) is 0 Å². The molecule has 13 heavy (non-hydrogen) atoms. The second-order valence-corrected chi connectivity index (χ2v) is 4.92. The van der Waals surface area contributed by atoms with E-state index < -0.39 is 0 Å². The van der Waals surface area contributed by atoms with Gasteiger partial charge in [-0.1, -0.05) is 12.1 Å². The van der Waals surface area contributed by atoms with E-state index in [2.05, 4.69) is 30.8 Å². The van der Waals surface area contributed by atoms with Gasteiger partial charge in [-0.15, -0.1) is 12.6 Å². The lowest BCUT2D eigenvalue weighted by molar-refractivity contribution is 0.537. The number of benzene rings is 1. The second kappa shape index (κ2) is 2.54. The summed E-state index contributed by atoms with van der Waals surface area (Å²) in [6.07, 6.45) is 6.85. The predicted molar refractivity (Wildman–Crippen MR) is 57.5 cm³/mol. The van der Waals surface area contributed by atoms with E-state index in [-0.39, 0.29) is 0 Å². The zero-order chi connectivity index (χ0) is 8.89. The molecule has 68 valence electrons. The van der Waals surface area contributed by atoms with Gasteiger partial charge >= 0.3 is 0 Å². The number of fused-ring (bicyclic) bond motifs is 2. The Morgan fingerprint density at radius 1 is 1.15 bits per heavy atom. The summed E-state index contributed by atoms with van der Waals surface area (Å²) < 4.78 is 0. The van der Waals surface area contributed by atoms with Gasteiger partial charge in [0.05, 0.1) is 0 Å². The molecule has 1 fully saturated rings. The molecule has 0 amide bonds. The van der Waals surface area contributed by atoms with Crippen molar-refractivity contribution in [2.45, 2.75) is 42.4 Å². The largest absolute Gasteiger partial charge is 0.143 e. The molecule has 3 rings (SSSR count). The maximum atomic E-state index is 4.54. The zero-order valence-electron chi connectivity index (χ0n) is 7.71. The fourth-order valence-electron chi connectivity index (χ4n) is 2.74. The molecular weight excluding hydrogens is 176 g/mol. The van der Waals surface area contributed by atoms with Crippen molar-refractivity contribution in [2.24, 2.45) is 0 Å². The minimum atomic E-state index is 0.603. The lowest BCUT2D eigenvalue weighted by Gasteiger charge is -2.26. The summed E-state index contributed by atoms with van der Waals surface area (Å²) in [6.45, 7) is 0. The Bertz CT molecular complexity index is 350. The van der Waals surface area contributed by atoms with E-state index in [1.807, 2.05) is 0 Å². The van der Waals surface area contributed by atoms with Gasteiger partial charge in [-0.2, -0.15) is 0 Å². The van der Waals surface area contributed by atoms with Crippen LogP contribution >= 0.6 is 12.6 Å². The van der Waals surface area contributed by atoms with Crippen LogP contribution in [0, 0.1) is 0 Å². The molecule has 1 spiro atoms. The van der Waals surface area contributed by atoms with Crippen LogP contribution in [0.1, 0.15) is 36.8 Å². The van der Waals surface area contributed by atoms with Crippen LogP contribution in [0.15, 0.2) is 23.1 Å². The van der Waals surface area contributed by atoms with Crippen LogP contribution in [-0.2, 0) is 11.8 Å². The fourth-order valence-corrected chi connectivity index (χ4v) is 3.06. The molecule has 0 aliphatic heterocycles. The Morgan fingerprint density at radius 3 is 2.77 bits per heavy atom. The van der Waals surface area contributed by atoms with Gasteiger partial charge in [-0.3, -0.25) is 0 Å². The molecule has 0 aromatic heterocycles. The third-order valence-electron chi connectivity index (χ3n) is 3.66. The van der Waals surface area contributed by atoms with Crippen molar-refractivity contribution in [3.63, 3.8) is 0 Å². The average molecular weight is 190 g/mol. The lowest BCUT2D eigenvalue weighted by atomic mass is 9.80. The number of hydrogen-bond donors (Lipinski definition) is 1. The van der Waals surface area contributed by atoms with Gasteiger partial charge in [-0.25, -0.2) is 0 Å². The van der Waals surface area contributed by atoms with Crippen LogP contribution in [0.25, 0.3) is 0 Å². The van der Waals surface area contributed by atoms with Gasteiger partial charge in [-0.05, 0) is 54.7 Å². The second-order valence-electron chi connectivity index (χ2n) is 4.44. The molecule has 1 aromatic rings. The van der Waals surface area contributed by atoms with Gasteiger partial charge in [0.15, 0.2) is 0 Å². The van der Waals surface area contributed by atoms with Crippen LogP contribution in [-0.4, -0.2) is 0 Å². The summed E-state index contributed by atoms with van der Waals surface area (Å²) in [5.74, 6) is 0. The first-order valence-corrected chi connectivity index (χ1v) is 5.58. The minimum Gasteiger partial charge on any atom is -0.143 e. The van der Waals surface area contributed by atoms with Crippen molar-refractivity contribution in [1.82, 2.24) is 0 Å². The monoisotopic (exact) mass is 190 g/mol. The van der Waals surface area contributed by atoms with Gasteiger partial charge in [0, 0.05) is 4.90 Å². The Hall–Kier alpha value is -0.430. The summed E-state index contributed by atoms with van der Waals surface area (Å²) in [5, 5.41) is 0. The van der Waals surface area contributed by atoms with E-state index in [1.165, 1.54) is 42.6 Å². The summed E-state index contributed by atoms with van der Waals surface area (Å²) in [7, 11) is 0. The van der Waals surface area contributed by atoms with Gasteiger partial charge in [0.25, 0.3) is 0 Å². The number of hydrogen-bond acceptors (Lipinski definition) is 1. The molecule has 0 unspecified atom stereocenters. The first-order valence-electron chi connectivity index (χ1n) is 5.13. The minimum absolute atomic E-state index is 0.603. The van der Waals surface area contributed by atoms with E-state index in [4.69, 9.17) is 0 Å². The molecular formula is C12H14S. The highest BCUT2D eigenvalue weighted by molar-refractivity contribution is 7.80. The van der Waals surface area contributed by atoms with E-state index >= 15 is 0 Å². The van der Waals surface area contributed by atoms with E-state index in [1.54, 1.807) is 5.56 Å². The Kier molecular flexibility index (Phi) is 1.55. The summed E-state index contributed by atoms with van der Waals surface area (Å²) in [5.41, 5.74) is 3.76. The standard InChI is InChI=1S/C12H14S/c13-11-5-1-4-10-9(11)3-2-6-12(10)7-8-12/h1,4-5,13H,2-3,6-8H2. The van der Waals surface area contributed by atoms with E-state index in [9.17, 15) is 0 Å². The number of thiol groups is 1. The van der Waals surface area contributed by atoms with Crippen LogP contribution in [0.3, 0.4) is 0 Å². The van der Waals surface area contributed by atoms with Crippen molar-refractivity contribution >= 4 is 12.6 Å². The first-order chi connectivity index (χ1) is 6.32. The molecule has 0 heterocycles. The normalized spacial score (nSPS) is 22.8. The maximum absolute atomic E-state index is 4.54. The lowest BCUT2D eigenvalue weighted by Crippen LogP contribution is -2.16. The Balaban J connectivity index is 2.19. The third-order valence-corrected chi connectivity index (χ3v) is 4.08. The fraction of sp³-hybridized carbons (Fsp3) is 0.500. The molecule has 1 heteroatoms. The van der Waals surface area contributed by atoms with E-state index in [0.29, 0.717) is 5.41 Å². The molecule has 0 saturated heterocycles. The number of rotatable bonds is 0. The predicted octanol–water partition coefficient (Wildman–Crippen LogP) is 3.34. The molecule has 0 radical (unpaired) electrons. The van der Waals surface area contributed by atoms with Gasteiger partial charge in [0.1, 0.15) is 0 Å². The van der Waals surface area contributed by atoms with Crippen LogP contribution < -0.4 is 0 Å². The molecule has 0 bridgehead atoms. The molecule has 2 aliphatic carbocycles. The molecule has 1 aromatic carbocycles. The van der Waals surface area contributed by atoms with E-state index in [0.717, 1.165) is 0 Å². The van der Waals surface area contributed by atoms with Crippen molar-refractivity contribution in [1.29, 1.82) is 0 Å². The first kappa shape index (κ1) is 7.93. The summed E-state index contributed by atoms with van der Waals surface area (Å²) >= 11 is 4.54. The van der Waals surface area contributed by atoms with Crippen molar-refractivity contribution in [3.8, 4) is 0 Å². The quantitative estimate of drug-likeness (QED) is 0.596. The molecule has 1 saturated carbocycles. The third kappa shape index (κ3) is 1.06. The van der Waals surface area contributed by atoms with Gasteiger partial charge in [0.2, 0.25) is 0 Å². The maximum Gasteiger partial charge on any atom is 0.00749 e. The highest BCUT2D eigenvalue weighted by atomic mass is 32.1. The molecule has 0 atom stereocenters. The average Bonchev–Trinajstić information content (AvgIpc) is 2.89. The van der Waals surface area contributed by atoms with Gasteiger partial charge < -0.3 is 0 Å². The topological polar surface area (TPSA) is 0 Å². The SMILES string of the molecule is Sc1cccc2c1CCCC21CC1. The smallest absolute Gasteiger partial charge is 0.00749 e. The summed E-state index contributed by atoms with van der Waals surface area (Å²) in [4.78, 5) is 1.21. The van der Waals surface area contributed by atoms with Crippen LogP contribution in [0.5, 0.6) is 0 Å². The highest BCUT2D eigenvalue weighted by Crippen LogP contribution is 2.55. The molecule has 0 N–H and O–H groups in total. The summed E-state index contributed by atoms with van der Waals surface area (Å²) in [6, 6.07) is 6.61. The highest BCUT2D eigenvalue weighted by Gasteiger charge is 2.46. The molecule has 2 aliphatic rings. The zero-order valence-corrected chi connectivity index (χ0v) is 8.61. The Morgan fingerprint density at radius 2 is 2.00 bits per heavy atom. The van der Waals surface area contributed by atoms with Crippen molar-refractivity contribution in [3.05, 3.63) is 29.3 Å². The van der Waals surface area contributed by atoms with Crippen molar-refractivity contribution in [2.75, 3.05) is 0 Å².